The molecule has 190 valence electrons. The first kappa shape index (κ1) is 24.5. The number of nitrogens with zero attached hydrogens (tertiary/aromatic N) is 2. The second kappa shape index (κ2) is 9.68. The van der Waals surface area contributed by atoms with Crippen molar-refractivity contribution in [1.82, 2.24) is 25.2 Å². The van der Waals surface area contributed by atoms with Crippen molar-refractivity contribution in [2.24, 2.45) is 18.9 Å². The van der Waals surface area contributed by atoms with Gasteiger partial charge in [0.2, 0.25) is 15.9 Å². The number of amides is 1. The van der Waals surface area contributed by atoms with Gasteiger partial charge in [-0.2, -0.15) is 5.10 Å². The zero-order valence-electron chi connectivity index (χ0n) is 19.8. The number of nitrogens with one attached hydrogen (secondary N) is 5. The molecular weight excluding hydrogens is 506 g/mol. The van der Waals surface area contributed by atoms with Crippen LogP contribution < -0.4 is 26.2 Å². The van der Waals surface area contributed by atoms with Gasteiger partial charge in [0.25, 0.3) is 0 Å². The first-order valence-electron chi connectivity index (χ1n) is 12.0. The summed E-state index contributed by atoms with van der Waals surface area (Å²) in [6.45, 7) is 2.35. The third kappa shape index (κ3) is 5.79. The number of thiocarbonyl (C=S) groups is 1. The molecule has 0 bridgehead atoms. The highest BCUT2D eigenvalue weighted by molar-refractivity contribution is 7.90. The largest absolute Gasteiger partial charge is 0.358 e. The van der Waals surface area contributed by atoms with E-state index in [1.165, 1.54) is 11.3 Å². The van der Waals surface area contributed by atoms with Crippen molar-refractivity contribution >= 4 is 55.4 Å². The van der Waals surface area contributed by atoms with E-state index in [2.05, 4.69) is 31.3 Å². The molecular formula is C22H31N7O3S3. The van der Waals surface area contributed by atoms with Crippen LogP contribution in [0.2, 0.25) is 0 Å². The summed E-state index contributed by atoms with van der Waals surface area (Å²) >= 11 is 6.86. The minimum Gasteiger partial charge on any atom is -0.358 e. The Bertz CT molecular complexity index is 1250. The number of aryl methyl sites for hydroxylation is 3. The van der Waals surface area contributed by atoms with Crippen LogP contribution in [0.5, 0.6) is 0 Å². The SMILES string of the molecule is Cc1cc(NNC(=S)NC2CCc3sc(NC(=O)C4CC4)c(S(=O)(=O)NCC4CC4)c3C2)n(C)n1. The van der Waals surface area contributed by atoms with Crippen LogP contribution in [0.4, 0.5) is 10.8 Å². The summed E-state index contributed by atoms with van der Waals surface area (Å²) < 4.78 is 31.2. The van der Waals surface area contributed by atoms with Crippen molar-refractivity contribution in [3.05, 3.63) is 22.2 Å². The minimum absolute atomic E-state index is 0.00215. The van der Waals surface area contributed by atoms with E-state index in [1.807, 2.05) is 20.0 Å². The summed E-state index contributed by atoms with van der Waals surface area (Å²) in [5.74, 6) is 1.11. The Balaban J connectivity index is 1.30. The lowest BCUT2D eigenvalue weighted by Gasteiger charge is -2.25. The van der Waals surface area contributed by atoms with E-state index in [0.717, 1.165) is 60.5 Å². The van der Waals surface area contributed by atoms with Crippen LogP contribution in [-0.2, 0) is 34.7 Å². The summed E-state index contributed by atoms with van der Waals surface area (Å²) in [6, 6.07) is 1.87. The lowest BCUT2D eigenvalue weighted by Crippen LogP contribution is -2.46. The lowest BCUT2D eigenvalue weighted by molar-refractivity contribution is -0.117. The van der Waals surface area contributed by atoms with E-state index in [1.54, 1.807) is 4.68 Å². The maximum absolute atomic E-state index is 13.4. The molecule has 2 aromatic heterocycles. The fraction of sp³-hybridized carbons (Fsp3) is 0.591. The molecule has 3 aliphatic carbocycles. The molecule has 1 amide bonds. The third-order valence-electron chi connectivity index (χ3n) is 6.57. The van der Waals surface area contributed by atoms with Gasteiger partial charge in [-0.25, -0.2) is 13.1 Å². The Morgan fingerprint density at radius 1 is 1.26 bits per heavy atom. The van der Waals surface area contributed by atoms with E-state index >= 15 is 0 Å². The van der Waals surface area contributed by atoms with Gasteiger partial charge in [-0.15, -0.1) is 11.3 Å². The second-order valence-electron chi connectivity index (χ2n) is 9.68. The molecule has 1 atom stereocenters. The van der Waals surface area contributed by atoms with Crippen molar-refractivity contribution in [3.8, 4) is 0 Å². The third-order valence-corrected chi connectivity index (χ3v) is 9.66. The van der Waals surface area contributed by atoms with Crippen molar-refractivity contribution in [3.63, 3.8) is 0 Å². The number of anilines is 2. The molecule has 0 spiro atoms. The Kier molecular flexibility index (Phi) is 6.77. The summed E-state index contributed by atoms with van der Waals surface area (Å²) in [5.41, 5.74) is 7.71. The molecule has 0 saturated heterocycles. The summed E-state index contributed by atoms with van der Waals surface area (Å²) in [5, 5.41) is 11.4. The van der Waals surface area contributed by atoms with Crippen LogP contribution in [0.1, 0.15) is 48.2 Å². The Morgan fingerprint density at radius 2 is 2.03 bits per heavy atom. The van der Waals surface area contributed by atoms with Crippen molar-refractivity contribution in [1.29, 1.82) is 0 Å². The van der Waals surface area contributed by atoms with Crippen molar-refractivity contribution in [2.45, 2.75) is 62.8 Å². The number of carbonyl (C=O) groups excluding carboxylic acids is 1. The van der Waals surface area contributed by atoms with Crippen LogP contribution in [0.3, 0.4) is 0 Å². The maximum Gasteiger partial charge on any atom is 0.243 e. The number of thiophene rings is 1. The lowest BCUT2D eigenvalue weighted by atomic mass is 9.94. The summed E-state index contributed by atoms with van der Waals surface area (Å²) in [7, 11) is -1.91. The van der Waals surface area contributed by atoms with Crippen LogP contribution in [0.25, 0.3) is 0 Å². The molecule has 5 rings (SSSR count). The molecule has 2 aromatic rings. The zero-order valence-corrected chi connectivity index (χ0v) is 22.3. The predicted octanol–water partition coefficient (Wildman–Crippen LogP) is 2.18. The standard InChI is InChI=1S/C22H31N7O3S3/c1-12-9-18(29(2)28-12)26-27-22(33)24-15-7-8-17-16(10-15)19(35(31,32)23-11-13-3-4-13)21(34-17)25-20(30)14-5-6-14/h9,13-15,23,26H,3-8,10-11H2,1-2H3,(H,25,30)(H2,24,27,33). The highest BCUT2D eigenvalue weighted by Crippen LogP contribution is 2.42. The van der Waals surface area contributed by atoms with Gasteiger partial charge in [0.15, 0.2) is 5.11 Å². The van der Waals surface area contributed by atoms with Crippen LogP contribution in [0, 0.1) is 18.8 Å². The van der Waals surface area contributed by atoms with E-state index < -0.39 is 10.0 Å². The molecule has 2 saturated carbocycles. The van der Waals surface area contributed by atoms with E-state index in [-0.39, 0.29) is 22.8 Å². The average Bonchev–Trinajstić information content (AvgIpc) is 3.71. The zero-order chi connectivity index (χ0) is 24.7. The van der Waals surface area contributed by atoms with E-state index in [4.69, 9.17) is 12.2 Å². The monoisotopic (exact) mass is 537 g/mol. The molecule has 2 heterocycles. The predicted molar refractivity (Wildman–Crippen MR) is 140 cm³/mol. The smallest absolute Gasteiger partial charge is 0.243 e. The topological polar surface area (TPSA) is 129 Å². The van der Waals surface area contributed by atoms with Gasteiger partial charge in [0, 0.05) is 36.5 Å². The van der Waals surface area contributed by atoms with E-state index in [0.29, 0.717) is 29.0 Å². The summed E-state index contributed by atoms with van der Waals surface area (Å²) in [6.07, 6.45) is 5.88. The highest BCUT2D eigenvalue weighted by Gasteiger charge is 2.36. The number of sulfonamides is 1. The maximum atomic E-state index is 13.4. The van der Waals surface area contributed by atoms with Crippen molar-refractivity contribution in [2.75, 3.05) is 17.3 Å². The number of rotatable bonds is 9. The van der Waals surface area contributed by atoms with Gasteiger partial charge in [-0.1, -0.05) is 0 Å². The number of hydrogen-bond acceptors (Lipinski definition) is 7. The molecule has 0 radical (unpaired) electrons. The summed E-state index contributed by atoms with van der Waals surface area (Å²) in [4.78, 5) is 13.8. The van der Waals surface area contributed by atoms with Crippen molar-refractivity contribution < 1.29 is 13.2 Å². The number of aromatic nitrogens is 2. The molecule has 2 fully saturated rings. The first-order chi connectivity index (χ1) is 16.7. The number of carbonyl (C=O) groups is 1. The van der Waals surface area contributed by atoms with Gasteiger partial charge in [-0.05, 0) is 75.6 Å². The second-order valence-corrected chi connectivity index (χ2v) is 12.9. The minimum atomic E-state index is -3.75. The Labute approximate surface area is 214 Å². The Morgan fingerprint density at radius 3 is 2.69 bits per heavy atom. The number of fused-ring (bicyclic) bond motifs is 1. The van der Waals surface area contributed by atoms with Crippen LogP contribution in [0.15, 0.2) is 11.0 Å². The van der Waals surface area contributed by atoms with Crippen LogP contribution in [-0.4, -0.2) is 41.8 Å². The number of hydrazine groups is 1. The van der Waals surface area contributed by atoms with Gasteiger partial charge in [0.05, 0.1) is 5.69 Å². The first-order valence-corrected chi connectivity index (χ1v) is 14.7. The molecule has 0 aliphatic heterocycles. The number of hydrogen-bond donors (Lipinski definition) is 5. The molecule has 10 nitrogen and oxygen atoms in total. The van der Waals surface area contributed by atoms with E-state index in [9.17, 15) is 13.2 Å². The normalized spacial score (nSPS) is 19.7. The van der Waals surface area contributed by atoms with Gasteiger partial charge >= 0.3 is 0 Å². The highest BCUT2D eigenvalue weighted by atomic mass is 32.2. The van der Waals surface area contributed by atoms with Gasteiger partial charge in [0.1, 0.15) is 15.7 Å². The average molecular weight is 538 g/mol. The molecule has 3 aliphatic rings. The van der Waals surface area contributed by atoms with Gasteiger partial charge in [-0.3, -0.25) is 20.3 Å². The molecule has 1 unspecified atom stereocenters. The molecule has 13 heteroatoms. The molecule has 0 aromatic carbocycles. The Hall–Kier alpha value is -2.22. The fourth-order valence-electron chi connectivity index (χ4n) is 4.30. The molecule has 35 heavy (non-hydrogen) atoms. The van der Waals surface area contributed by atoms with Gasteiger partial charge < -0.3 is 10.6 Å². The fourth-order valence-corrected chi connectivity index (χ4v) is 7.60. The quantitative estimate of drug-likeness (QED) is 0.243. The van der Waals surface area contributed by atoms with Crippen LogP contribution >= 0.6 is 23.6 Å². The molecule has 5 N–H and O–H groups in total.